The van der Waals surface area contributed by atoms with Crippen molar-refractivity contribution in [1.29, 1.82) is 0 Å². The molecule has 2 fully saturated rings. The van der Waals surface area contributed by atoms with Crippen molar-refractivity contribution in [2.24, 2.45) is 5.92 Å². The number of amides is 4. The van der Waals surface area contributed by atoms with Gasteiger partial charge >= 0.3 is 12.2 Å². The number of nitrogens with one attached hydrogen (secondary N) is 4. The van der Waals surface area contributed by atoms with E-state index >= 15 is 0 Å². The predicted molar refractivity (Wildman–Crippen MR) is 231 cm³/mol. The average Bonchev–Trinajstić information content (AvgIpc) is 4.14. The fourth-order valence-electron chi connectivity index (χ4n) is 8.38. The summed E-state index contributed by atoms with van der Waals surface area (Å²) in [5.74, 6) is 0.386. The molecule has 0 saturated carbocycles. The summed E-state index contributed by atoms with van der Waals surface area (Å²) in [6, 6.07) is 26.9. The predicted octanol–water partition coefficient (Wildman–Crippen LogP) is 7.27. The minimum atomic E-state index is -1.04. The van der Waals surface area contributed by atoms with Crippen LogP contribution in [0.15, 0.2) is 103 Å². The van der Waals surface area contributed by atoms with E-state index in [4.69, 9.17) is 14.5 Å². The summed E-state index contributed by atoms with van der Waals surface area (Å²) in [6.07, 6.45) is 3.82. The van der Waals surface area contributed by atoms with E-state index in [-0.39, 0.29) is 36.6 Å². The van der Waals surface area contributed by atoms with Crippen LogP contribution in [0.25, 0.3) is 44.4 Å². The van der Waals surface area contributed by atoms with Gasteiger partial charge in [0.15, 0.2) is 5.78 Å². The Kier molecular flexibility index (Phi) is 11.9. The Bertz CT molecular complexity index is 2620. The van der Waals surface area contributed by atoms with Crippen LogP contribution in [0.2, 0.25) is 0 Å². The molecule has 0 radical (unpaired) electrons. The van der Waals surface area contributed by atoms with Crippen molar-refractivity contribution in [3.05, 3.63) is 121 Å². The summed E-state index contributed by atoms with van der Waals surface area (Å²) in [5.41, 5.74) is 6.08. The van der Waals surface area contributed by atoms with Gasteiger partial charge in [0.2, 0.25) is 5.91 Å². The standard InChI is InChI=1S/C47H48N8O7/c1-27(2)40(52-46(59)61-3)44(57)54-20-8-11-38(54)42-48-25-37(51-42)34-19-18-32-21-31(16-17-33(32)22-34)28-12-14-29(15-13-28)36-24-49-43(50-36)39-23-35(56)26-55(39)45(58)41(53-47(60)62-4)30-9-6-5-7-10-30/h5-7,9-10,12-19,21-22,24-25,27,38-41H,8,11,20,23,26H2,1-4H3,(H,48,51)(H,49,50)(H,52,59)(H,53,60)/t38-,39-,40-,41+/m0/s1. The molecular weight excluding hydrogens is 789 g/mol. The Morgan fingerprint density at radius 3 is 1.94 bits per heavy atom. The molecule has 0 unspecified atom stereocenters. The molecule has 15 heteroatoms. The van der Waals surface area contributed by atoms with E-state index in [1.807, 2.05) is 44.2 Å². The largest absolute Gasteiger partial charge is 0.453 e. The van der Waals surface area contributed by atoms with Gasteiger partial charge in [-0.1, -0.05) is 92.7 Å². The number of hydrogen-bond donors (Lipinski definition) is 4. The number of carbonyl (C=O) groups is 5. The minimum Gasteiger partial charge on any atom is -0.453 e. The van der Waals surface area contributed by atoms with E-state index in [1.165, 1.54) is 19.1 Å². The van der Waals surface area contributed by atoms with Crippen molar-refractivity contribution in [3.8, 4) is 33.6 Å². The van der Waals surface area contributed by atoms with Crippen LogP contribution in [0, 0.1) is 5.92 Å². The molecule has 62 heavy (non-hydrogen) atoms. The molecular formula is C47H48N8O7. The van der Waals surface area contributed by atoms with Gasteiger partial charge in [0.25, 0.3) is 5.91 Å². The Morgan fingerprint density at radius 1 is 0.694 bits per heavy atom. The number of rotatable bonds is 11. The second-order valence-electron chi connectivity index (χ2n) is 16.0. The van der Waals surface area contributed by atoms with E-state index < -0.39 is 36.2 Å². The van der Waals surface area contributed by atoms with Crippen molar-refractivity contribution in [1.82, 2.24) is 40.4 Å². The second-order valence-corrected chi connectivity index (χ2v) is 16.0. The summed E-state index contributed by atoms with van der Waals surface area (Å²) >= 11 is 0. The number of imidazole rings is 2. The van der Waals surface area contributed by atoms with Crippen LogP contribution in [-0.2, 0) is 23.9 Å². The lowest BCUT2D eigenvalue weighted by Crippen LogP contribution is -2.51. The topological polar surface area (TPSA) is 192 Å². The van der Waals surface area contributed by atoms with E-state index in [9.17, 15) is 24.0 Å². The molecule has 15 nitrogen and oxygen atoms in total. The first-order valence-electron chi connectivity index (χ1n) is 20.6. The first kappa shape index (κ1) is 41.4. The number of Topliss-reactive ketones (excluding diaryl/α,β-unsaturated/α-hetero) is 1. The third-order valence-electron chi connectivity index (χ3n) is 11.7. The number of ether oxygens (including phenoxy) is 2. The van der Waals surface area contributed by atoms with Crippen LogP contribution in [-0.4, -0.2) is 92.9 Å². The number of hydrogen-bond acceptors (Lipinski definition) is 9. The van der Waals surface area contributed by atoms with Gasteiger partial charge in [-0.15, -0.1) is 0 Å². The quantitative estimate of drug-likeness (QED) is 0.104. The molecule has 0 spiro atoms. The number of aromatic amines is 2. The van der Waals surface area contributed by atoms with Gasteiger partial charge < -0.3 is 39.9 Å². The zero-order chi connectivity index (χ0) is 43.5. The van der Waals surface area contributed by atoms with Crippen LogP contribution in [0.3, 0.4) is 0 Å². The van der Waals surface area contributed by atoms with Crippen LogP contribution in [0.1, 0.15) is 68.4 Å². The lowest BCUT2D eigenvalue weighted by molar-refractivity contribution is -0.136. The number of benzene rings is 4. The highest BCUT2D eigenvalue weighted by Gasteiger charge is 2.41. The van der Waals surface area contributed by atoms with Crippen LogP contribution >= 0.6 is 0 Å². The fraction of sp³-hybridized carbons (Fsp3) is 0.298. The number of H-pyrrole nitrogens is 2. The zero-order valence-electron chi connectivity index (χ0n) is 34.9. The fourth-order valence-corrected chi connectivity index (χ4v) is 8.38. The molecule has 2 aromatic heterocycles. The van der Waals surface area contributed by atoms with E-state index in [2.05, 4.69) is 62.0 Å². The van der Waals surface area contributed by atoms with Crippen molar-refractivity contribution in [2.75, 3.05) is 27.3 Å². The number of ketones is 1. The van der Waals surface area contributed by atoms with E-state index in [0.29, 0.717) is 23.8 Å². The van der Waals surface area contributed by atoms with Gasteiger partial charge in [-0.2, -0.15) is 0 Å². The molecule has 4 aromatic carbocycles. The third kappa shape index (κ3) is 8.51. The summed E-state index contributed by atoms with van der Waals surface area (Å²) in [7, 11) is 2.52. The highest BCUT2D eigenvalue weighted by atomic mass is 16.5. The molecule has 2 saturated heterocycles. The van der Waals surface area contributed by atoms with Crippen molar-refractivity contribution in [3.63, 3.8) is 0 Å². The number of fused-ring (bicyclic) bond motifs is 1. The number of alkyl carbamates (subject to hydrolysis) is 2. The Balaban J connectivity index is 0.952. The monoisotopic (exact) mass is 836 g/mol. The second kappa shape index (κ2) is 17.7. The maximum absolute atomic E-state index is 13.9. The number of nitrogens with zero attached hydrogens (tertiary/aromatic N) is 4. The molecule has 4 amide bonds. The highest BCUT2D eigenvalue weighted by Crippen LogP contribution is 2.36. The van der Waals surface area contributed by atoms with Crippen molar-refractivity contribution >= 4 is 40.6 Å². The molecule has 4 atom stereocenters. The van der Waals surface area contributed by atoms with Gasteiger partial charge in [-0.25, -0.2) is 19.6 Å². The third-order valence-corrected chi connectivity index (χ3v) is 11.7. The maximum Gasteiger partial charge on any atom is 0.407 e. The molecule has 6 aromatic rings. The number of likely N-dealkylation sites (tertiary alicyclic amines) is 2. The first-order chi connectivity index (χ1) is 30.0. The molecule has 2 aliphatic heterocycles. The minimum absolute atomic E-state index is 0.0981. The van der Waals surface area contributed by atoms with Gasteiger partial charge in [-0.05, 0) is 63.9 Å². The normalized spacial score (nSPS) is 17.3. The Labute approximate surface area is 358 Å². The molecule has 0 bridgehead atoms. The van der Waals surface area contributed by atoms with Crippen LogP contribution in [0.4, 0.5) is 9.59 Å². The molecule has 0 aliphatic carbocycles. The molecule has 4 heterocycles. The van der Waals surface area contributed by atoms with Gasteiger partial charge in [-0.3, -0.25) is 14.4 Å². The number of methoxy groups -OCH3 is 2. The van der Waals surface area contributed by atoms with Crippen molar-refractivity contribution in [2.45, 2.75) is 57.3 Å². The number of aromatic nitrogens is 4. The summed E-state index contributed by atoms with van der Waals surface area (Å²) in [6.45, 7) is 4.28. The molecule has 318 valence electrons. The first-order valence-corrected chi connectivity index (χ1v) is 20.6. The summed E-state index contributed by atoms with van der Waals surface area (Å²) in [5, 5.41) is 7.45. The smallest absolute Gasteiger partial charge is 0.407 e. The highest BCUT2D eigenvalue weighted by molar-refractivity contribution is 5.94. The average molecular weight is 837 g/mol. The SMILES string of the molecule is COC(=O)N[C@H](C(=O)N1CCC[C@H]1c1ncc(-c2ccc3cc(-c4ccc(-c5cnc([C@@H]6CC(=O)CN6C(=O)[C@H](NC(=O)OC)c6ccccc6)[nH]5)cc4)ccc3c2)[nH]1)C(C)C. The number of carbonyl (C=O) groups excluding carboxylic acids is 5. The van der Waals surface area contributed by atoms with Crippen LogP contribution < -0.4 is 10.6 Å². The maximum atomic E-state index is 13.9. The lowest BCUT2D eigenvalue weighted by atomic mass is 9.98. The van der Waals surface area contributed by atoms with Gasteiger partial charge in [0.05, 0.1) is 56.6 Å². The van der Waals surface area contributed by atoms with Gasteiger partial charge in [0.1, 0.15) is 23.7 Å². The summed E-state index contributed by atoms with van der Waals surface area (Å²) < 4.78 is 9.55. The molecule has 8 rings (SSSR count). The van der Waals surface area contributed by atoms with Crippen molar-refractivity contribution < 1.29 is 33.4 Å². The van der Waals surface area contributed by atoms with Crippen LogP contribution in [0.5, 0.6) is 0 Å². The summed E-state index contributed by atoms with van der Waals surface area (Å²) in [4.78, 5) is 83.8. The van der Waals surface area contributed by atoms with E-state index in [0.717, 1.165) is 57.3 Å². The zero-order valence-corrected chi connectivity index (χ0v) is 34.9. The van der Waals surface area contributed by atoms with Gasteiger partial charge in [0, 0.05) is 18.5 Å². The molecule has 2 aliphatic rings. The Hall–Kier alpha value is -7.29. The van der Waals surface area contributed by atoms with E-state index in [1.54, 1.807) is 41.6 Å². The Morgan fingerprint density at radius 2 is 1.27 bits per heavy atom. The lowest BCUT2D eigenvalue weighted by Gasteiger charge is -2.30. The molecule has 4 N–H and O–H groups in total.